The van der Waals surface area contributed by atoms with E-state index in [0.717, 1.165) is 33.2 Å². The number of hydrogen-bond acceptors (Lipinski definition) is 4. The van der Waals surface area contributed by atoms with E-state index in [1.807, 2.05) is 20.2 Å². The van der Waals surface area contributed by atoms with E-state index < -0.39 is 0 Å². The largest absolute Gasteiger partial charge is 0.309 e. The van der Waals surface area contributed by atoms with E-state index in [0.29, 0.717) is 22.3 Å². The summed E-state index contributed by atoms with van der Waals surface area (Å²) in [5, 5.41) is 1.16. The smallest absolute Gasteiger partial charge is 0.261 e. The highest BCUT2D eigenvalue weighted by atomic mass is 79.9. The number of aryl methyl sites for hydroxylation is 2. The van der Waals surface area contributed by atoms with Crippen LogP contribution in [0.3, 0.4) is 0 Å². The predicted octanol–water partition coefficient (Wildman–Crippen LogP) is 5.93. The number of anilines is 1. The molecule has 148 valence electrons. The average molecular weight is 481 g/mol. The molecule has 2 aromatic carbocycles. The molecule has 4 nitrogen and oxygen atoms in total. The van der Waals surface area contributed by atoms with Crippen LogP contribution in [0.1, 0.15) is 27.9 Å². The van der Waals surface area contributed by atoms with E-state index in [2.05, 4.69) is 46.8 Å². The topological polar surface area (TPSA) is 36.4 Å². The summed E-state index contributed by atoms with van der Waals surface area (Å²) in [5.41, 5.74) is 3.73. The number of carbonyl (C=O) groups excluding carboxylic acids is 1. The van der Waals surface area contributed by atoms with Gasteiger partial charge in [0.05, 0.1) is 20.8 Å². The van der Waals surface area contributed by atoms with Gasteiger partial charge in [0.25, 0.3) is 5.91 Å². The molecular formula is C21H23BrClN3OS. The summed E-state index contributed by atoms with van der Waals surface area (Å²) in [5.74, 6) is -0.126. The van der Waals surface area contributed by atoms with Gasteiger partial charge in [-0.2, -0.15) is 0 Å². The molecule has 1 heterocycles. The minimum atomic E-state index is -0.126. The number of halogens is 2. The van der Waals surface area contributed by atoms with Crippen LogP contribution < -0.4 is 4.90 Å². The number of rotatable bonds is 6. The van der Waals surface area contributed by atoms with E-state index in [1.165, 1.54) is 5.56 Å². The Balaban J connectivity index is 2.04. The van der Waals surface area contributed by atoms with Crippen LogP contribution in [-0.2, 0) is 0 Å². The molecule has 7 heteroatoms. The number of carbonyl (C=O) groups is 1. The summed E-state index contributed by atoms with van der Waals surface area (Å²) in [6, 6.07) is 9.52. The lowest BCUT2D eigenvalue weighted by Gasteiger charge is -2.21. The molecule has 0 spiro atoms. The van der Waals surface area contributed by atoms with Gasteiger partial charge >= 0.3 is 0 Å². The van der Waals surface area contributed by atoms with Crippen LogP contribution >= 0.6 is 38.9 Å². The van der Waals surface area contributed by atoms with Crippen molar-refractivity contribution in [3.05, 3.63) is 56.5 Å². The molecule has 0 fully saturated rings. The van der Waals surface area contributed by atoms with Crippen LogP contribution in [0.25, 0.3) is 10.2 Å². The van der Waals surface area contributed by atoms with Crippen molar-refractivity contribution in [1.29, 1.82) is 0 Å². The molecule has 0 unspecified atom stereocenters. The molecule has 0 saturated carbocycles. The van der Waals surface area contributed by atoms with Gasteiger partial charge in [0, 0.05) is 11.0 Å². The highest BCUT2D eigenvalue weighted by molar-refractivity contribution is 9.10. The Morgan fingerprint density at radius 3 is 2.54 bits per heavy atom. The Bertz CT molecular complexity index is 979. The molecular weight excluding hydrogens is 458 g/mol. The van der Waals surface area contributed by atoms with Crippen molar-refractivity contribution in [1.82, 2.24) is 9.88 Å². The molecule has 3 rings (SSSR count). The Labute approximate surface area is 183 Å². The van der Waals surface area contributed by atoms with Gasteiger partial charge in [-0.15, -0.1) is 0 Å². The van der Waals surface area contributed by atoms with Crippen molar-refractivity contribution in [2.24, 2.45) is 0 Å². The standard InChI is InChI=1S/C21H23BrClN3OS/c1-13-6-7-14(2)19-18(13)24-21(28-19)26(11-5-10-25(3)4)20(27)16-12-15(22)8-9-17(16)23/h6-9,12H,5,10-11H2,1-4H3. The first-order valence-corrected chi connectivity index (χ1v) is 11.0. The number of benzene rings is 2. The molecule has 0 aliphatic carbocycles. The van der Waals surface area contributed by atoms with Crippen LogP contribution in [-0.4, -0.2) is 43.0 Å². The number of fused-ring (bicyclic) bond motifs is 1. The van der Waals surface area contributed by atoms with Crippen LogP contribution in [0, 0.1) is 13.8 Å². The highest BCUT2D eigenvalue weighted by Crippen LogP contribution is 2.34. The lowest BCUT2D eigenvalue weighted by atomic mass is 10.1. The molecule has 0 radical (unpaired) electrons. The number of aromatic nitrogens is 1. The van der Waals surface area contributed by atoms with Gasteiger partial charge in [0.1, 0.15) is 0 Å². The molecule has 28 heavy (non-hydrogen) atoms. The zero-order chi connectivity index (χ0) is 20.4. The van der Waals surface area contributed by atoms with Gasteiger partial charge in [-0.05, 0) is 70.2 Å². The van der Waals surface area contributed by atoms with Gasteiger partial charge in [0.15, 0.2) is 5.13 Å². The van der Waals surface area contributed by atoms with Gasteiger partial charge in [-0.25, -0.2) is 4.98 Å². The molecule has 0 atom stereocenters. The Morgan fingerprint density at radius 1 is 1.14 bits per heavy atom. The zero-order valence-corrected chi connectivity index (χ0v) is 19.6. The lowest BCUT2D eigenvalue weighted by molar-refractivity contribution is 0.0986. The molecule has 0 bridgehead atoms. The monoisotopic (exact) mass is 479 g/mol. The van der Waals surface area contributed by atoms with Crippen molar-refractivity contribution < 1.29 is 4.79 Å². The van der Waals surface area contributed by atoms with Crippen molar-refractivity contribution in [3.8, 4) is 0 Å². The molecule has 1 amide bonds. The minimum absolute atomic E-state index is 0.126. The van der Waals surface area contributed by atoms with Crippen molar-refractivity contribution in [2.75, 3.05) is 32.1 Å². The Hall–Kier alpha value is -1.47. The third kappa shape index (κ3) is 4.57. The van der Waals surface area contributed by atoms with E-state index in [-0.39, 0.29) is 5.91 Å². The van der Waals surface area contributed by atoms with Gasteiger partial charge in [-0.3, -0.25) is 9.69 Å². The van der Waals surface area contributed by atoms with E-state index in [4.69, 9.17) is 16.6 Å². The van der Waals surface area contributed by atoms with Gasteiger partial charge in [-0.1, -0.05) is 51.0 Å². The zero-order valence-electron chi connectivity index (χ0n) is 16.4. The first kappa shape index (κ1) is 21.2. The van der Waals surface area contributed by atoms with Crippen LogP contribution in [0.15, 0.2) is 34.8 Å². The second kappa shape index (κ2) is 8.91. The van der Waals surface area contributed by atoms with Crippen molar-refractivity contribution in [2.45, 2.75) is 20.3 Å². The number of amides is 1. The fourth-order valence-corrected chi connectivity index (χ4v) is 4.70. The van der Waals surface area contributed by atoms with E-state index >= 15 is 0 Å². The maximum Gasteiger partial charge on any atom is 0.261 e. The van der Waals surface area contributed by atoms with E-state index in [1.54, 1.807) is 28.4 Å². The maximum atomic E-state index is 13.4. The van der Waals surface area contributed by atoms with Crippen molar-refractivity contribution in [3.63, 3.8) is 0 Å². The Morgan fingerprint density at radius 2 is 1.86 bits per heavy atom. The summed E-state index contributed by atoms with van der Waals surface area (Å²) in [4.78, 5) is 22.1. The van der Waals surface area contributed by atoms with Gasteiger partial charge < -0.3 is 4.90 Å². The predicted molar refractivity (Wildman–Crippen MR) is 123 cm³/mol. The molecule has 0 saturated heterocycles. The quantitative estimate of drug-likeness (QED) is 0.439. The first-order valence-electron chi connectivity index (χ1n) is 9.06. The first-order chi connectivity index (χ1) is 13.3. The fraction of sp³-hybridized carbons (Fsp3) is 0.333. The molecule has 0 aliphatic rings. The van der Waals surface area contributed by atoms with E-state index in [9.17, 15) is 4.79 Å². The summed E-state index contributed by atoms with van der Waals surface area (Å²) in [7, 11) is 4.06. The number of thiazole rings is 1. The summed E-state index contributed by atoms with van der Waals surface area (Å²) >= 11 is 11.3. The molecule has 3 aromatic rings. The summed E-state index contributed by atoms with van der Waals surface area (Å²) in [6.07, 6.45) is 0.845. The van der Waals surface area contributed by atoms with Crippen molar-refractivity contribution >= 4 is 60.1 Å². The fourth-order valence-electron chi connectivity index (χ4n) is 3.00. The number of hydrogen-bond donors (Lipinski definition) is 0. The third-order valence-corrected chi connectivity index (χ3v) is 6.59. The minimum Gasteiger partial charge on any atom is -0.309 e. The SMILES string of the molecule is Cc1ccc(C)c2sc(N(CCCN(C)C)C(=O)c3cc(Br)ccc3Cl)nc12. The molecule has 1 aromatic heterocycles. The lowest BCUT2D eigenvalue weighted by Crippen LogP contribution is -2.33. The maximum absolute atomic E-state index is 13.4. The molecule has 0 aliphatic heterocycles. The average Bonchev–Trinajstić information content (AvgIpc) is 3.09. The molecule has 0 N–H and O–H groups in total. The second-order valence-corrected chi connectivity index (χ2v) is 9.41. The normalized spacial score (nSPS) is 11.4. The third-order valence-electron chi connectivity index (χ3n) is 4.55. The van der Waals surface area contributed by atoms with Crippen LogP contribution in [0.2, 0.25) is 5.02 Å². The number of nitrogens with zero attached hydrogens (tertiary/aromatic N) is 3. The second-order valence-electron chi connectivity index (χ2n) is 7.11. The Kier molecular flexibility index (Phi) is 6.76. The van der Waals surface area contributed by atoms with Gasteiger partial charge in [0.2, 0.25) is 0 Å². The summed E-state index contributed by atoms with van der Waals surface area (Å²) in [6.45, 7) is 5.60. The highest BCUT2D eigenvalue weighted by Gasteiger charge is 2.24. The van der Waals surface area contributed by atoms with Crippen LogP contribution in [0.5, 0.6) is 0 Å². The summed E-state index contributed by atoms with van der Waals surface area (Å²) < 4.78 is 1.95. The van der Waals surface area contributed by atoms with Crippen LogP contribution in [0.4, 0.5) is 5.13 Å².